The van der Waals surface area contributed by atoms with Crippen LogP contribution in [0.5, 0.6) is 0 Å². The molecule has 5 nitrogen and oxygen atoms in total. The van der Waals surface area contributed by atoms with E-state index < -0.39 is 0 Å². The van der Waals surface area contributed by atoms with E-state index in [9.17, 15) is 0 Å². The molecule has 0 radical (unpaired) electrons. The van der Waals surface area contributed by atoms with Gasteiger partial charge in [0.2, 0.25) is 5.95 Å². The van der Waals surface area contributed by atoms with Gasteiger partial charge in [-0.05, 0) is 37.5 Å². The second-order valence-corrected chi connectivity index (χ2v) is 6.47. The molecule has 0 bridgehead atoms. The van der Waals surface area contributed by atoms with Gasteiger partial charge in [-0.2, -0.15) is 4.98 Å². The van der Waals surface area contributed by atoms with E-state index in [2.05, 4.69) is 47.7 Å². The lowest BCUT2D eigenvalue weighted by Crippen LogP contribution is -2.08. The smallest absolute Gasteiger partial charge is 0.229 e. The normalized spacial score (nSPS) is 10.6. The summed E-state index contributed by atoms with van der Waals surface area (Å²) in [6, 6.07) is 18.3. The van der Waals surface area contributed by atoms with Crippen LogP contribution in [0.3, 0.4) is 0 Å². The summed E-state index contributed by atoms with van der Waals surface area (Å²) in [6.07, 6.45) is 0.918. The number of hydrogen-bond donors (Lipinski definition) is 2. The van der Waals surface area contributed by atoms with E-state index in [1.165, 1.54) is 11.1 Å². The van der Waals surface area contributed by atoms with Gasteiger partial charge in [0.15, 0.2) is 0 Å². The number of ether oxygens (including phenoxy) is 1. The van der Waals surface area contributed by atoms with Gasteiger partial charge in [-0.15, -0.1) is 0 Å². The number of rotatable bonds is 8. The Labute approximate surface area is 160 Å². The Kier molecular flexibility index (Phi) is 6.39. The third kappa shape index (κ3) is 5.05. The van der Waals surface area contributed by atoms with Crippen molar-refractivity contribution in [1.29, 1.82) is 0 Å². The van der Waals surface area contributed by atoms with Gasteiger partial charge in [0.05, 0.1) is 5.69 Å². The molecule has 0 amide bonds. The summed E-state index contributed by atoms with van der Waals surface area (Å²) in [6.45, 7) is 5.71. The number of aromatic nitrogens is 2. The number of nitrogens with zero attached hydrogens (tertiary/aromatic N) is 2. The maximum atomic E-state index is 5.11. The van der Waals surface area contributed by atoms with Gasteiger partial charge in [-0.3, -0.25) is 0 Å². The fourth-order valence-corrected chi connectivity index (χ4v) is 2.79. The molecule has 0 aliphatic carbocycles. The van der Waals surface area contributed by atoms with Crippen LogP contribution >= 0.6 is 0 Å². The van der Waals surface area contributed by atoms with Crippen LogP contribution in [0.4, 0.5) is 17.5 Å². The molecule has 5 heteroatoms. The lowest BCUT2D eigenvalue weighted by molar-refractivity contribution is 0.198. The molecule has 0 fully saturated rings. The summed E-state index contributed by atoms with van der Waals surface area (Å²) in [5, 5.41) is 6.75. The fraction of sp³-hybridized carbons (Fsp3) is 0.273. The van der Waals surface area contributed by atoms with E-state index in [1.54, 1.807) is 7.11 Å². The van der Waals surface area contributed by atoms with Crippen molar-refractivity contribution in [2.45, 2.75) is 20.3 Å². The number of anilines is 3. The third-order valence-corrected chi connectivity index (χ3v) is 4.48. The van der Waals surface area contributed by atoms with Gasteiger partial charge in [0.1, 0.15) is 5.82 Å². The number of benzene rings is 2. The van der Waals surface area contributed by atoms with Crippen molar-refractivity contribution in [2.75, 3.05) is 30.9 Å². The summed E-state index contributed by atoms with van der Waals surface area (Å²) in [5.74, 6) is 1.38. The minimum absolute atomic E-state index is 0.583. The zero-order chi connectivity index (χ0) is 19.1. The standard InChI is InChI=1S/C22H26N4O/c1-16-9-7-12-19(17(16)2)24-22-25-20(18-10-5-4-6-11-18)15-21(26-22)23-13-8-14-27-3/h4-7,9-12,15H,8,13-14H2,1-3H3,(H2,23,24,25,26). The van der Waals surface area contributed by atoms with Crippen LogP contribution in [0.2, 0.25) is 0 Å². The van der Waals surface area contributed by atoms with E-state index in [1.807, 2.05) is 36.4 Å². The van der Waals surface area contributed by atoms with Crippen molar-refractivity contribution in [3.05, 3.63) is 65.7 Å². The average molecular weight is 362 g/mol. The first-order valence-electron chi connectivity index (χ1n) is 9.18. The molecule has 1 aromatic heterocycles. The Hall–Kier alpha value is -2.92. The van der Waals surface area contributed by atoms with Gasteiger partial charge in [0.25, 0.3) is 0 Å². The quantitative estimate of drug-likeness (QED) is 0.555. The van der Waals surface area contributed by atoms with E-state index in [0.29, 0.717) is 5.95 Å². The van der Waals surface area contributed by atoms with E-state index in [-0.39, 0.29) is 0 Å². The highest BCUT2D eigenvalue weighted by molar-refractivity contribution is 5.67. The van der Waals surface area contributed by atoms with E-state index in [4.69, 9.17) is 9.72 Å². The highest BCUT2D eigenvalue weighted by atomic mass is 16.5. The molecule has 0 spiro atoms. The van der Waals surface area contributed by atoms with Crippen LogP contribution in [0, 0.1) is 13.8 Å². The van der Waals surface area contributed by atoms with Gasteiger partial charge in [-0.25, -0.2) is 4.98 Å². The van der Waals surface area contributed by atoms with Crippen molar-refractivity contribution in [3.8, 4) is 11.3 Å². The molecule has 2 N–H and O–H groups in total. The van der Waals surface area contributed by atoms with Crippen molar-refractivity contribution >= 4 is 17.5 Å². The summed E-state index contributed by atoms with van der Waals surface area (Å²) in [5.41, 5.74) is 5.39. The number of methoxy groups -OCH3 is 1. The Bertz CT molecular complexity index is 881. The molecule has 3 rings (SSSR count). The predicted octanol–water partition coefficient (Wildman–Crippen LogP) is 4.95. The molecule has 27 heavy (non-hydrogen) atoms. The molecule has 0 aliphatic heterocycles. The minimum atomic E-state index is 0.583. The molecule has 0 unspecified atom stereocenters. The largest absolute Gasteiger partial charge is 0.385 e. The molecule has 140 valence electrons. The summed E-state index contributed by atoms with van der Waals surface area (Å²) in [7, 11) is 1.71. The second-order valence-electron chi connectivity index (χ2n) is 6.47. The SMILES string of the molecule is COCCCNc1cc(-c2ccccc2)nc(Nc2cccc(C)c2C)n1. The summed E-state index contributed by atoms with van der Waals surface area (Å²) >= 11 is 0. The molecule has 3 aromatic rings. The van der Waals surface area contributed by atoms with Crippen LogP contribution in [-0.4, -0.2) is 30.2 Å². The van der Waals surface area contributed by atoms with E-state index >= 15 is 0 Å². The first-order chi connectivity index (χ1) is 13.2. The molecule has 0 saturated heterocycles. The lowest BCUT2D eigenvalue weighted by atomic mass is 10.1. The molecular formula is C22H26N4O. The average Bonchev–Trinajstić information content (AvgIpc) is 2.69. The Balaban J connectivity index is 1.90. The predicted molar refractivity (Wildman–Crippen MR) is 112 cm³/mol. The van der Waals surface area contributed by atoms with Gasteiger partial charge >= 0.3 is 0 Å². The highest BCUT2D eigenvalue weighted by Gasteiger charge is 2.09. The Morgan fingerprint density at radius 3 is 2.56 bits per heavy atom. The van der Waals surface area contributed by atoms with Crippen LogP contribution in [-0.2, 0) is 4.74 Å². The maximum Gasteiger partial charge on any atom is 0.229 e. The van der Waals surface area contributed by atoms with Gasteiger partial charge < -0.3 is 15.4 Å². The zero-order valence-corrected chi connectivity index (χ0v) is 16.1. The molecule has 2 aromatic carbocycles. The highest BCUT2D eigenvalue weighted by Crippen LogP contribution is 2.25. The number of nitrogens with one attached hydrogen (secondary N) is 2. The molecule has 0 aliphatic rings. The zero-order valence-electron chi connectivity index (χ0n) is 16.1. The van der Waals surface area contributed by atoms with Crippen LogP contribution < -0.4 is 10.6 Å². The van der Waals surface area contributed by atoms with Crippen LogP contribution in [0.25, 0.3) is 11.3 Å². The fourth-order valence-electron chi connectivity index (χ4n) is 2.79. The van der Waals surface area contributed by atoms with Gasteiger partial charge in [0, 0.05) is 37.6 Å². The monoisotopic (exact) mass is 362 g/mol. The van der Waals surface area contributed by atoms with Crippen LogP contribution in [0.15, 0.2) is 54.6 Å². The van der Waals surface area contributed by atoms with Gasteiger partial charge in [-0.1, -0.05) is 42.5 Å². The molecular weight excluding hydrogens is 336 g/mol. The second kappa shape index (κ2) is 9.14. The Morgan fingerprint density at radius 2 is 1.78 bits per heavy atom. The van der Waals surface area contributed by atoms with Crippen molar-refractivity contribution in [2.24, 2.45) is 0 Å². The molecule has 1 heterocycles. The summed E-state index contributed by atoms with van der Waals surface area (Å²) < 4.78 is 5.11. The maximum absolute atomic E-state index is 5.11. The third-order valence-electron chi connectivity index (χ3n) is 4.48. The summed E-state index contributed by atoms with van der Waals surface area (Å²) in [4.78, 5) is 9.38. The van der Waals surface area contributed by atoms with Crippen molar-refractivity contribution in [1.82, 2.24) is 9.97 Å². The number of hydrogen-bond acceptors (Lipinski definition) is 5. The number of aryl methyl sites for hydroxylation is 1. The van der Waals surface area contributed by atoms with Crippen LogP contribution in [0.1, 0.15) is 17.5 Å². The van der Waals surface area contributed by atoms with E-state index in [0.717, 1.165) is 42.3 Å². The molecule has 0 atom stereocenters. The lowest BCUT2D eigenvalue weighted by Gasteiger charge is -2.13. The Morgan fingerprint density at radius 1 is 0.963 bits per heavy atom. The minimum Gasteiger partial charge on any atom is -0.385 e. The topological polar surface area (TPSA) is 59.1 Å². The molecule has 0 saturated carbocycles. The van der Waals surface area contributed by atoms with Crippen molar-refractivity contribution < 1.29 is 4.74 Å². The van der Waals surface area contributed by atoms with Crippen molar-refractivity contribution in [3.63, 3.8) is 0 Å². The first kappa shape index (κ1) is 18.9. The first-order valence-corrected chi connectivity index (χ1v) is 9.18.